The van der Waals surface area contributed by atoms with E-state index < -0.39 is 21.3 Å². The number of hydrogen-bond acceptors (Lipinski definition) is 3. The summed E-state index contributed by atoms with van der Waals surface area (Å²) in [4.78, 5) is -0.374. The molecule has 1 saturated carbocycles. The molecule has 1 aromatic carbocycles. The number of halogens is 2. The molecule has 0 unspecified atom stereocenters. The lowest BCUT2D eigenvalue weighted by molar-refractivity contribution is 0.0867. The molecule has 1 fully saturated rings. The summed E-state index contributed by atoms with van der Waals surface area (Å²) in [5.41, 5.74) is -0.423. The molecule has 0 spiro atoms. The maximum absolute atomic E-state index is 13.7. The Labute approximate surface area is 132 Å². The van der Waals surface area contributed by atoms with Gasteiger partial charge in [-0.1, -0.05) is 35.2 Å². The number of benzene rings is 1. The van der Waals surface area contributed by atoms with Gasteiger partial charge in [-0.05, 0) is 31.0 Å². The molecule has 0 aromatic heterocycles. The zero-order valence-electron chi connectivity index (χ0n) is 11.6. The summed E-state index contributed by atoms with van der Waals surface area (Å²) < 4.78 is 41.2. The summed E-state index contributed by atoms with van der Waals surface area (Å²) in [7, 11) is -3.93. The fourth-order valence-electron chi connectivity index (χ4n) is 2.70. The first-order chi connectivity index (χ1) is 9.88. The van der Waals surface area contributed by atoms with Crippen LogP contribution in [-0.2, 0) is 10.0 Å². The Kier molecular flexibility index (Phi) is 5.40. The highest BCUT2D eigenvalue weighted by atomic mass is 79.9. The van der Waals surface area contributed by atoms with Crippen LogP contribution >= 0.6 is 15.9 Å². The third-order valence-corrected chi connectivity index (χ3v) is 5.98. The summed E-state index contributed by atoms with van der Waals surface area (Å²) >= 11 is 3.14. The second-order valence-electron chi connectivity index (χ2n) is 5.62. The Morgan fingerprint density at radius 2 is 1.95 bits per heavy atom. The minimum atomic E-state index is -3.93. The zero-order valence-corrected chi connectivity index (χ0v) is 14.0. The van der Waals surface area contributed by atoms with Crippen molar-refractivity contribution < 1.29 is 17.9 Å². The minimum Gasteiger partial charge on any atom is -0.396 e. The van der Waals surface area contributed by atoms with Crippen molar-refractivity contribution in [1.82, 2.24) is 4.72 Å². The highest BCUT2D eigenvalue weighted by Gasteiger charge is 2.33. The molecule has 7 heteroatoms. The summed E-state index contributed by atoms with van der Waals surface area (Å²) in [6, 6.07) is 3.80. The molecule has 0 heterocycles. The minimum absolute atomic E-state index is 0.0590. The Morgan fingerprint density at radius 1 is 1.29 bits per heavy atom. The van der Waals surface area contributed by atoms with Gasteiger partial charge < -0.3 is 5.11 Å². The molecule has 21 heavy (non-hydrogen) atoms. The zero-order chi connectivity index (χ0) is 15.5. The normalized spacial score (nSPS) is 18.6. The third-order valence-electron chi connectivity index (χ3n) is 4.07. The Morgan fingerprint density at radius 3 is 2.57 bits per heavy atom. The van der Waals surface area contributed by atoms with Crippen LogP contribution in [0.15, 0.2) is 27.6 Å². The number of nitrogens with one attached hydrogen (secondary N) is 1. The van der Waals surface area contributed by atoms with Crippen molar-refractivity contribution >= 4 is 26.0 Å². The fourth-order valence-corrected chi connectivity index (χ4v) is 4.47. The van der Waals surface area contributed by atoms with Gasteiger partial charge in [-0.3, -0.25) is 0 Å². The van der Waals surface area contributed by atoms with E-state index in [2.05, 4.69) is 20.7 Å². The molecular weight excluding hydrogens is 361 g/mol. The van der Waals surface area contributed by atoms with Crippen molar-refractivity contribution in [3.8, 4) is 0 Å². The predicted octanol–water partition coefficient (Wildman–Crippen LogP) is 2.81. The smallest absolute Gasteiger partial charge is 0.243 e. The van der Waals surface area contributed by atoms with Crippen molar-refractivity contribution in [2.24, 2.45) is 5.41 Å². The van der Waals surface area contributed by atoms with E-state index in [0.29, 0.717) is 4.47 Å². The van der Waals surface area contributed by atoms with E-state index in [1.807, 2.05) is 0 Å². The molecule has 0 radical (unpaired) electrons. The van der Waals surface area contributed by atoms with Crippen LogP contribution in [0, 0.1) is 11.2 Å². The molecule has 0 amide bonds. The predicted molar refractivity (Wildman–Crippen MR) is 81.9 cm³/mol. The molecule has 0 bridgehead atoms. The molecule has 1 aliphatic carbocycles. The van der Waals surface area contributed by atoms with Crippen LogP contribution < -0.4 is 4.72 Å². The van der Waals surface area contributed by atoms with Gasteiger partial charge in [0.25, 0.3) is 0 Å². The molecule has 0 aliphatic heterocycles. The molecule has 2 rings (SSSR count). The lowest BCUT2D eigenvalue weighted by Crippen LogP contribution is -2.41. The van der Waals surface area contributed by atoms with E-state index in [1.54, 1.807) is 0 Å². The maximum atomic E-state index is 13.7. The molecule has 2 N–H and O–H groups in total. The second kappa shape index (κ2) is 6.73. The Hall–Kier alpha value is -0.500. The molecular formula is C14H19BrFNO3S. The van der Waals surface area contributed by atoms with Crippen molar-refractivity contribution in [2.45, 2.75) is 37.0 Å². The Bertz CT molecular complexity index is 600. The van der Waals surface area contributed by atoms with Crippen molar-refractivity contribution in [2.75, 3.05) is 13.2 Å². The fraction of sp³-hybridized carbons (Fsp3) is 0.571. The first-order valence-corrected chi connectivity index (χ1v) is 9.22. The summed E-state index contributed by atoms with van der Waals surface area (Å²) in [6.45, 7) is 0.0777. The quantitative estimate of drug-likeness (QED) is 0.826. The lowest BCUT2D eigenvalue weighted by Gasteiger charge is -2.35. The highest BCUT2D eigenvalue weighted by molar-refractivity contribution is 9.10. The molecule has 0 saturated heterocycles. The molecule has 1 aliphatic rings. The SMILES string of the molecule is O=S(=O)(NCC1(CO)CCCCC1)c1cc(Br)ccc1F. The third kappa shape index (κ3) is 4.03. The van der Waals surface area contributed by atoms with Crippen LogP contribution in [0.25, 0.3) is 0 Å². The Balaban J connectivity index is 2.15. The van der Waals surface area contributed by atoms with Crippen LogP contribution in [0.4, 0.5) is 4.39 Å². The van der Waals surface area contributed by atoms with Gasteiger partial charge in [0.2, 0.25) is 10.0 Å². The van der Waals surface area contributed by atoms with Crippen molar-refractivity contribution in [3.05, 3.63) is 28.5 Å². The van der Waals surface area contributed by atoms with E-state index >= 15 is 0 Å². The highest BCUT2D eigenvalue weighted by Crippen LogP contribution is 2.35. The number of sulfonamides is 1. The van der Waals surface area contributed by atoms with Gasteiger partial charge in [0.05, 0.1) is 0 Å². The summed E-state index contributed by atoms with van der Waals surface area (Å²) in [5.74, 6) is -0.785. The van der Waals surface area contributed by atoms with Crippen LogP contribution in [0.1, 0.15) is 32.1 Å². The molecule has 1 aromatic rings. The number of hydrogen-bond donors (Lipinski definition) is 2. The van der Waals surface area contributed by atoms with E-state index in [1.165, 1.54) is 12.1 Å². The van der Waals surface area contributed by atoms with Crippen molar-refractivity contribution in [3.63, 3.8) is 0 Å². The summed E-state index contributed by atoms with van der Waals surface area (Å²) in [5, 5.41) is 9.59. The first-order valence-electron chi connectivity index (χ1n) is 6.94. The van der Waals surface area contributed by atoms with Gasteiger partial charge in [0.1, 0.15) is 10.7 Å². The van der Waals surface area contributed by atoms with Gasteiger partial charge in [-0.2, -0.15) is 0 Å². The van der Waals surface area contributed by atoms with Gasteiger partial charge >= 0.3 is 0 Å². The van der Waals surface area contributed by atoms with E-state index in [9.17, 15) is 17.9 Å². The van der Waals surface area contributed by atoms with E-state index in [-0.39, 0.29) is 18.0 Å². The second-order valence-corrected chi connectivity index (χ2v) is 8.27. The van der Waals surface area contributed by atoms with E-state index in [4.69, 9.17) is 0 Å². The van der Waals surface area contributed by atoms with Crippen LogP contribution in [0.3, 0.4) is 0 Å². The van der Waals surface area contributed by atoms with Gasteiger partial charge in [-0.15, -0.1) is 0 Å². The molecule has 4 nitrogen and oxygen atoms in total. The van der Waals surface area contributed by atoms with Gasteiger partial charge in [0, 0.05) is 23.0 Å². The standard InChI is InChI=1S/C14H19BrFNO3S/c15-11-4-5-12(16)13(8-11)21(19,20)17-9-14(10-18)6-2-1-3-7-14/h4-5,8,17-18H,1-3,6-7,9-10H2. The number of aliphatic hydroxyl groups excluding tert-OH is 1. The van der Waals surface area contributed by atoms with Crippen molar-refractivity contribution in [1.29, 1.82) is 0 Å². The largest absolute Gasteiger partial charge is 0.396 e. The lowest BCUT2D eigenvalue weighted by atomic mass is 9.75. The monoisotopic (exact) mass is 379 g/mol. The molecule has 118 valence electrons. The van der Waals surface area contributed by atoms with Crippen LogP contribution in [-0.4, -0.2) is 26.7 Å². The summed E-state index contributed by atoms with van der Waals surface area (Å²) in [6.07, 6.45) is 4.63. The number of aliphatic hydroxyl groups is 1. The van der Waals surface area contributed by atoms with E-state index in [0.717, 1.165) is 38.2 Å². The average Bonchev–Trinajstić information content (AvgIpc) is 2.49. The maximum Gasteiger partial charge on any atom is 0.243 e. The first kappa shape index (κ1) is 16.9. The van der Waals surface area contributed by atoms with Crippen LogP contribution in [0.2, 0.25) is 0 Å². The van der Waals surface area contributed by atoms with Gasteiger partial charge in [-0.25, -0.2) is 17.5 Å². The topological polar surface area (TPSA) is 66.4 Å². The molecule has 0 atom stereocenters. The number of rotatable bonds is 5. The average molecular weight is 380 g/mol. The van der Waals surface area contributed by atoms with Gasteiger partial charge in [0.15, 0.2) is 0 Å². The van der Waals surface area contributed by atoms with Crippen LogP contribution in [0.5, 0.6) is 0 Å².